The van der Waals surface area contributed by atoms with Crippen molar-refractivity contribution >= 4 is 22.8 Å². The van der Waals surface area contributed by atoms with E-state index in [9.17, 15) is 22.4 Å². The Bertz CT molecular complexity index is 1450. The number of aromatic nitrogens is 4. The fraction of sp³-hybridized carbons (Fsp3) is 0.125. The van der Waals surface area contributed by atoms with Crippen LogP contribution in [0.1, 0.15) is 32.9 Å². The number of pyridine rings is 4. The van der Waals surface area contributed by atoms with Crippen LogP contribution in [-0.2, 0) is 19.3 Å². The number of alkyl halides is 3. The van der Waals surface area contributed by atoms with Crippen LogP contribution in [0.2, 0.25) is 0 Å². The van der Waals surface area contributed by atoms with Crippen molar-refractivity contribution in [3.05, 3.63) is 88.9 Å². The largest absolute Gasteiger partial charge is 0.417 e. The van der Waals surface area contributed by atoms with Gasteiger partial charge in [-0.25, -0.2) is 14.4 Å². The zero-order valence-electron chi connectivity index (χ0n) is 17.9. The predicted molar refractivity (Wildman–Crippen MR) is 119 cm³/mol. The third-order valence-corrected chi connectivity index (χ3v) is 5.07. The van der Waals surface area contributed by atoms with Gasteiger partial charge in [0, 0.05) is 24.0 Å². The van der Waals surface area contributed by atoms with Gasteiger partial charge >= 0.3 is 6.18 Å². The molecule has 7 nitrogen and oxygen atoms in total. The molecule has 0 unspecified atom stereocenters. The molecule has 0 aliphatic carbocycles. The number of nitrogens with two attached hydrogens (primary N) is 1. The van der Waals surface area contributed by atoms with Crippen LogP contribution < -0.4 is 5.73 Å². The van der Waals surface area contributed by atoms with Gasteiger partial charge in [0.15, 0.2) is 5.65 Å². The molecule has 4 aromatic rings. The van der Waals surface area contributed by atoms with E-state index in [0.29, 0.717) is 17.1 Å². The SMILES string of the molecule is C#Cc1cc2cc(C(=O)N(Cc3ccc(C(F)(F)F)cn3)Cc3ncccc3F)cnc2nc1N. The molecular weight excluding hydrogens is 464 g/mol. The van der Waals surface area contributed by atoms with E-state index in [4.69, 9.17) is 12.2 Å². The number of hydrogen-bond acceptors (Lipinski definition) is 6. The van der Waals surface area contributed by atoms with E-state index >= 15 is 0 Å². The quantitative estimate of drug-likeness (QED) is 0.343. The molecule has 0 spiro atoms. The normalized spacial score (nSPS) is 11.3. The minimum absolute atomic E-state index is 0.0226. The third-order valence-electron chi connectivity index (χ3n) is 5.07. The number of carbonyl (C=O) groups is 1. The van der Waals surface area contributed by atoms with E-state index in [1.807, 2.05) is 0 Å². The number of rotatable bonds is 5. The van der Waals surface area contributed by atoms with E-state index in [0.717, 1.165) is 12.1 Å². The first kappa shape index (κ1) is 23.6. The highest BCUT2D eigenvalue weighted by atomic mass is 19.4. The molecule has 0 fully saturated rings. The van der Waals surface area contributed by atoms with Crippen molar-refractivity contribution in [2.45, 2.75) is 19.3 Å². The van der Waals surface area contributed by atoms with Gasteiger partial charge in [0.1, 0.15) is 11.6 Å². The number of amides is 1. The molecule has 11 heteroatoms. The van der Waals surface area contributed by atoms with Crippen LogP contribution in [0.3, 0.4) is 0 Å². The average Bonchev–Trinajstić information content (AvgIpc) is 2.83. The molecule has 0 aliphatic rings. The van der Waals surface area contributed by atoms with Crippen LogP contribution in [0, 0.1) is 18.2 Å². The Morgan fingerprint density at radius 1 is 1.09 bits per heavy atom. The Kier molecular flexibility index (Phi) is 6.29. The molecule has 0 bridgehead atoms. The molecule has 0 aliphatic heterocycles. The Morgan fingerprint density at radius 3 is 2.54 bits per heavy atom. The summed E-state index contributed by atoms with van der Waals surface area (Å²) in [6.45, 7) is -0.470. The highest BCUT2D eigenvalue weighted by molar-refractivity contribution is 5.97. The van der Waals surface area contributed by atoms with Crippen molar-refractivity contribution in [1.82, 2.24) is 24.8 Å². The first-order valence-corrected chi connectivity index (χ1v) is 10.1. The van der Waals surface area contributed by atoms with E-state index in [1.54, 1.807) is 6.07 Å². The van der Waals surface area contributed by atoms with E-state index in [-0.39, 0.29) is 41.5 Å². The summed E-state index contributed by atoms with van der Waals surface area (Å²) in [7, 11) is 0. The second kappa shape index (κ2) is 9.34. The molecule has 0 saturated heterocycles. The topological polar surface area (TPSA) is 97.9 Å². The zero-order chi connectivity index (χ0) is 25.2. The number of terminal acetylenes is 1. The summed E-state index contributed by atoms with van der Waals surface area (Å²) in [5.74, 6) is 1.30. The maximum atomic E-state index is 14.3. The maximum absolute atomic E-state index is 14.3. The van der Waals surface area contributed by atoms with Crippen LogP contribution in [0.25, 0.3) is 11.0 Å². The average molecular weight is 480 g/mol. The second-order valence-electron chi connectivity index (χ2n) is 7.47. The lowest BCUT2D eigenvalue weighted by Gasteiger charge is -2.22. The van der Waals surface area contributed by atoms with Gasteiger partial charge in [-0.1, -0.05) is 5.92 Å². The summed E-state index contributed by atoms with van der Waals surface area (Å²) >= 11 is 0. The fourth-order valence-electron chi connectivity index (χ4n) is 3.29. The summed E-state index contributed by atoms with van der Waals surface area (Å²) in [6.07, 6.45) is 4.19. The van der Waals surface area contributed by atoms with Gasteiger partial charge in [-0.2, -0.15) is 13.2 Å². The Hall–Kier alpha value is -4.59. The van der Waals surface area contributed by atoms with Crippen LogP contribution >= 0.6 is 0 Å². The molecule has 0 saturated carbocycles. The lowest BCUT2D eigenvalue weighted by molar-refractivity contribution is -0.137. The lowest BCUT2D eigenvalue weighted by atomic mass is 10.1. The van der Waals surface area contributed by atoms with Crippen LogP contribution in [-0.4, -0.2) is 30.7 Å². The van der Waals surface area contributed by atoms with Gasteiger partial charge in [-0.15, -0.1) is 6.42 Å². The number of anilines is 1. The summed E-state index contributed by atoms with van der Waals surface area (Å²) in [4.78, 5) is 30.6. The molecule has 35 heavy (non-hydrogen) atoms. The third kappa shape index (κ3) is 5.16. The van der Waals surface area contributed by atoms with Crippen LogP contribution in [0.5, 0.6) is 0 Å². The van der Waals surface area contributed by atoms with Crippen molar-refractivity contribution in [2.75, 3.05) is 5.73 Å². The first-order valence-electron chi connectivity index (χ1n) is 10.1. The van der Waals surface area contributed by atoms with Crippen molar-refractivity contribution in [2.24, 2.45) is 0 Å². The monoisotopic (exact) mass is 480 g/mol. The standard InChI is InChI=1S/C24H16F4N6O/c1-2-14-8-15-9-16(10-32-22(15)33-21(14)29)23(35)34(13-20-19(25)4-3-7-30-20)12-18-6-5-17(11-31-18)24(26,27)28/h1,3-11H,12-13H2,(H2,29,32,33). The lowest BCUT2D eigenvalue weighted by Crippen LogP contribution is -2.31. The van der Waals surface area contributed by atoms with Gasteiger partial charge in [0.25, 0.3) is 5.91 Å². The molecule has 4 aromatic heterocycles. The Balaban J connectivity index is 1.69. The Morgan fingerprint density at radius 2 is 1.89 bits per heavy atom. The van der Waals surface area contributed by atoms with Crippen molar-refractivity contribution in [3.63, 3.8) is 0 Å². The number of fused-ring (bicyclic) bond motifs is 1. The second-order valence-corrected chi connectivity index (χ2v) is 7.47. The minimum atomic E-state index is -4.55. The maximum Gasteiger partial charge on any atom is 0.417 e. The van der Waals surface area contributed by atoms with Gasteiger partial charge in [-0.05, 0) is 36.4 Å². The molecular formula is C24H16F4N6O. The van der Waals surface area contributed by atoms with Gasteiger partial charge in [-0.3, -0.25) is 14.8 Å². The summed E-state index contributed by atoms with van der Waals surface area (Å²) in [5, 5.41) is 0.453. The number of nitrogens with zero attached hydrogens (tertiary/aromatic N) is 5. The van der Waals surface area contributed by atoms with E-state index in [1.165, 1.54) is 35.5 Å². The van der Waals surface area contributed by atoms with Crippen molar-refractivity contribution in [1.29, 1.82) is 0 Å². The summed E-state index contributed by atoms with van der Waals surface area (Å²) in [6, 6.07) is 7.67. The van der Waals surface area contributed by atoms with Gasteiger partial charge < -0.3 is 10.6 Å². The van der Waals surface area contributed by atoms with Crippen LogP contribution in [0.15, 0.2) is 55.0 Å². The molecule has 176 valence electrons. The molecule has 0 atom stereocenters. The van der Waals surface area contributed by atoms with Crippen molar-refractivity contribution < 1.29 is 22.4 Å². The number of nitrogen functional groups attached to an aromatic ring is 1. The van der Waals surface area contributed by atoms with Gasteiger partial charge in [0.05, 0.1) is 41.2 Å². The molecule has 1 amide bonds. The summed E-state index contributed by atoms with van der Waals surface area (Å²) < 4.78 is 52.9. The smallest absolute Gasteiger partial charge is 0.383 e. The molecule has 0 radical (unpaired) electrons. The fourth-order valence-corrected chi connectivity index (χ4v) is 3.29. The number of halogens is 4. The van der Waals surface area contributed by atoms with Crippen LogP contribution in [0.4, 0.5) is 23.4 Å². The highest BCUT2D eigenvalue weighted by Crippen LogP contribution is 2.28. The first-order chi connectivity index (χ1) is 16.7. The molecule has 4 heterocycles. The zero-order valence-corrected chi connectivity index (χ0v) is 17.9. The van der Waals surface area contributed by atoms with Crippen molar-refractivity contribution in [3.8, 4) is 12.3 Å². The van der Waals surface area contributed by atoms with Gasteiger partial charge in [0.2, 0.25) is 0 Å². The summed E-state index contributed by atoms with van der Waals surface area (Å²) in [5.41, 5.74) is 5.71. The Labute approximate surface area is 196 Å². The molecule has 0 aromatic carbocycles. The highest BCUT2D eigenvalue weighted by Gasteiger charge is 2.31. The van der Waals surface area contributed by atoms with E-state index in [2.05, 4.69) is 25.9 Å². The minimum Gasteiger partial charge on any atom is -0.383 e. The van der Waals surface area contributed by atoms with E-state index < -0.39 is 23.5 Å². The number of carbonyl (C=O) groups excluding carboxylic acids is 1. The molecule has 4 rings (SSSR count). The number of hydrogen-bond donors (Lipinski definition) is 1. The molecule has 2 N–H and O–H groups in total. The predicted octanol–water partition coefficient (Wildman–Crippen LogP) is 3.98.